The highest BCUT2D eigenvalue weighted by atomic mass is 16.5. The molecule has 1 saturated heterocycles. The van der Waals surface area contributed by atoms with Crippen LogP contribution in [0.3, 0.4) is 0 Å². The lowest BCUT2D eigenvalue weighted by Gasteiger charge is -2.31. The van der Waals surface area contributed by atoms with Gasteiger partial charge in [-0.05, 0) is 19.3 Å². The van der Waals surface area contributed by atoms with E-state index in [1.165, 1.54) is 0 Å². The number of nitrogens with one attached hydrogen (secondary N) is 1. The summed E-state index contributed by atoms with van der Waals surface area (Å²) in [5.74, 6) is 0.563. The fourth-order valence-corrected chi connectivity index (χ4v) is 1.55. The molecule has 1 rings (SSSR count). The zero-order valence-electron chi connectivity index (χ0n) is 7.92. The SMILES string of the molecule is CC1COCCC1N[C@H](C)CO. The van der Waals surface area contributed by atoms with Crippen LogP contribution in [0.15, 0.2) is 0 Å². The van der Waals surface area contributed by atoms with Gasteiger partial charge in [-0.2, -0.15) is 0 Å². The number of ether oxygens (including phenoxy) is 1. The van der Waals surface area contributed by atoms with Crippen LogP contribution in [0.5, 0.6) is 0 Å². The number of hydrogen-bond acceptors (Lipinski definition) is 3. The summed E-state index contributed by atoms with van der Waals surface area (Å²) in [6, 6.07) is 0.719. The predicted molar refractivity (Wildman–Crippen MR) is 48.1 cm³/mol. The van der Waals surface area contributed by atoms with Crippen LogP contribution in [0, 0.1) is 5.92 Å². The van der Waals surface area contributed by atoms with Crippen molar-refractivity contribution in [2.45, 2.75) is 32.4 Å². The monoisotopic (exact) mass is 173 g/mol. The summed E-state index contributed by atoms with van der Waals surface area (Å²) in [5, 5.41) is 12.2. The minimum Gasteiger partial charge on any atom is -0.395 e. The summed E-state index contributed by atoms with van der Waals surface area (Å²) in [5.41, 5.74) is 0. The predicted octanol–water partition coefficient (Wildman–Crippen LogP) is 0.382. The molecule has 1 heterocycles. The summed E-state index contributed by atoms with van der Waals surface area (Å²) in [4.78, 5) is 0. The van der Waals surface area contributed by atoms with Crippen LogP contribution in [0.2, 0.25) is 0 Å². The molecule has 0 aromatic heterocycles. The van der Waals surface area contributed by atoms with Gasteiger partial charge < -0.3 is 15.2 Å². The Balaban J connectivity index is 2.28. The smallest absolute Gasteiger partial charge is 0.0582 e. The van der Waals surface area contributed by atoms with Gasteiger partial charge in [-0.15, -0.1) is 0 Å². The minimum atomic E-state index is 0.204. The first kappa shape index (κ1) is 9.96. The largest absolute Gasteiger partial charge is 0.395 e. The molecule has 0 aromatic rings. The summed E-state index contributed by atoms with van der Waals surface area (Å²) < 4.78 is 5.32. The van der Waals surface area contributed by atoms with Gasteiger partial charge in [0.05, 0.1) is 13.2 Å². The topological polar surface area (TPSA) is 41.5 Å². The Kier molecular flexibility index (Phi) is 3.98. The second-order valence-corrected chi connectivity index (χ2v) is 3.70. The van der Waals surface area contributed by atoms with E-state index in [0.29, 0.717) is 12.0 Å². The van der Waals surface area contributed by atoms with E-state index in [9.17, 15) is 0 Å². The van der Waals surface area contributed by atoms with Gasteiger partial charge in [-0.3, -0.25) is 0 Å². The maximum atomic E-state index is 8.86. The van der Waals surface area contributed by atoms with Crippen molar-refractivity contribution in [3.05, 3.63) is 0 Å². The lowest BCUT2D eigenvalue weighted by atomic mass is 9.97. The fourth-order valence-electron chi connectivity index (χ4n) is 1.55. The third-order valence-corrected chi connectivity index (χ3v) is 2.41. The van der Waals surface area contributed by atoms with E-state index < -0.39 is 0 Å². The van der Waals surface area contributed by atoms with Gasteiger partial charge in [0.15, 0.2) is 0 Å². The first-order valence-corrected chi connectivity index (χ1v) is 4.68. The van der Waals surface area contributed by atoms with Crippen molar-refractivity contribution in [2.75, 3.05) is 19.8 Å². The summed E-state index contributed by atoms with van der Waals surface area (Å²) >= 11 is 0. The molecule has 1 aliphatic rings. The molecule has 2 N–H and O–H groups in total. The first-order chi connectivity index (χ1) is 5.74. The van der Waals surface area contributed by atoms with Gasteiger partial charge in [-0.25, -0.2) is 0 Å². The van der Waals surface area contributed by atoms with E-state index in [1.807, 2.05) is 6.92 Å². The summed E-state index contributed by atoms with van der Waals surface area (Å²) in [6.07, 6.45) is 1.06. The lowest BCUT2D eigenvalue weighted by molar-refractivity contribution is 0.0340. The molecule has 0 radical (unpaired) electrons. The Morgan fingerprint density at radius 1 is 1.67 bits per heavy atom. The number of aliphatic hydroxyl groups is 1. The minimum absolute atomic E-state index is 0.204. The Morgan fingerprint density at radius 3 is 3.00 bits per heavy atom. The molecule has 1 aliphatic heterocycles. The number of hydrogen-bond donors (Lipinski definition) is 2. The maximum absolute atomic E-state index is 8.86. The highest BCUT2D eigenvalue weighted by Gasteiger charge is 2.22. The van der Waals surface area contributed by atoms with Crippen molar-refractivity contribution >= 4 is 0 Å². The first-order valence-electron chi connectivity index (χ1n) is 4.68. The van der Waals surface area contributed by atoms with Gasteiger partial charge >= 0.3 is 0 Å². The summed E-state index contributed by atoms with van der Waals surface area (Å²) in [6.45, 7) is 6.09. The van der Waals surface area contributed by atoms with Gasteiger partial charge in [0.1, 0.15) is 0 Å². The molecule has 72 valence electrons. The van der Waals surface area contributed by atoms with Crippen LogP contribution in [0.4, 0.5) is 0 Å². The summed E-state index contributed by atoms with van der Waals surface area (Å²) in [7, 11) is 0. The zero-order chi connectivity index (χ0) is 8.97. The molecule has 12 heavy (non-hydrogen) atoms. The molecule has 2 unspecified atom stereocenters. The van der Waals surface area contributed by atoms with Crippen LogP contribution < -0.4 is 5.32 Å². The second kappa shape index (κ2) is 4.80. The molecule has 0 saturated carbocycles. The molecule has 0 bridgehead atoms. The lowest BCUT2D eigenvalue weighted by Crippen LogP contribution is -2.46. The second-order valence-electron chi connectivity index (χ2n) is 3.70. The van der Waals surface area contributed by atoms with Crippen LogP contribution >= 0.6 is 0 Å². The Hall–Kier alpha value is -0.120. The quantitative estimate of drug-likeness (QED) is 0.648. The highest BCUT2D eigenvalue weighted by molar-refractivity contribution is 4.78. The molecule has 0 aromatic carbocycles. The van der Waals surface area contributed by atoms with Crippen LogP contribution in [-0.2, 0) is 4.74 Å². The van der Waals surface area contributed by atoms with Crippen molar-refractivity contribution in [3.8, 4) is 0 Å². The fraction of sp³-hybridized carbons (Fsp3) is 1.00. The zero-order valence-corrected chi connectivity index (χ0v) is 7.92. The number of rotatable bonds is 3. The van der Waals surface area contributed by atoms with Gasteiger partial charge in [-0.1, -0.05) is 6.92 Å². The normalized spacial score (nSPS) is 33.2. The Labute approximate surface area is 74.1 Å². The molecule has 0 spiro atoms. The van der Waals surface area contributed by atoms with Crippen molar-refractivity contribution in [2.24, 2.45) is 5.92 Å². The highest BCUT2D eigenvalue weighted by Crippen LogP contribution is 2.14. The van der Waals surface area contributed by atoms with E-state index in [4.69, 9.17) is 9.84 Å². The van der Waals surface area contributed by atoms with Crippen molar-refractivity contribution in [1.29, 1.82) is 0 Å². The van der Waals surface area contributed by atoms with Gasteiger partial charge in [0.2, 0.25) is 0 Å². The average Bonchev–Trinajstić information content (AvgIpc) is 2.09. The van der Waals surface area contributed by atoms with E-state index in [-0.39, 0.29) is 12.6 Å². The molecule has 3 nitrogen and oxygen atoms in total. The van der Waals surface area contributed by atoms with E-state index in [0.717, 1.165) is 19.6 Å². The van der Waals surface area contributed by atoms with Gasteiger partial charge in [0, 0.05) is 18.7 Å². The van der Waals surface area contributed by atoms with Crippen molar-refractivity contribution < 1.29 is 9.84 Å². The molecular formula is C9H19NO2. The average molecular weight is 173 g/mol. The van der Waals surface area contributed by atoms with Crippen LogP contribution in [0.25, 0.3) is 0 Å². The Bertz CT molecular complexity index is 130. The molecule has 3 heteroatoms. The maximum Gasteiger partial charge on any atom is 0.0582 e. The third-order valence-electron chi connectivity index (χ3n) is 2.41. The molecule has 0 amide bonds. The third kappa shape index (κ3) is 2.73. The van der Waals surface area contributed by atoms with Crippen LogP contribution in [0.1, 0.15) is 20.3 Å². The van der Waals surface area contributed by atoms with E-state index >= 15 is 0 Å². The van der Waals surface area contributed by atoms with E-state index in [2.05, 4.69) is 12.2 Å². The number of aliphatic hydroxyl groups excluding tert-OH is 1. The van der Waals surface area contributed by atoms with Crippen molar-refractivity contribution in [3.63, 3.8) is 0 Å². The Morgan fingerprint density at radius 2 is 2.42 bits per heavy atom. The van der Waals surface area contributed by atoms with Crippen molar-refractivity contribution in [1.82, 2.24) is 5.32 Å². The standard InChI is InChI=1S/C9H19NO2/c1-7-6-12-4-3-9(7)10-8(2)5-11/h7-11H,3-6H2,1-2H3/t7?,8-,9?/m1/s1. The van der Waals surface area contributed by atoms with Crippen LogP contribution in [-0.4, -0.2) is 37.0 Å². The molecule has 1 fully saturated rings. The van der Waals surface area contributed by atoms with E-state index in [1.54, 1.807) is 0 Å². The molecule has 3 atom stereocenters. The molecule has 0 aliphatic carbocycles. The van der Waals surface area contributed by atoms with Gasteiger partial charge in [0.25, 0.3) is 0 Å². The molecular weight excluding hydrogens is 154 g/mol.